The highest BCUT2D eigenvalue weighted by Gasteiger charge is 2.07. The van der Waals surface area contributed by atoms with Crippen molar-refractivity contribution in [2.45, 2.75) is 6.92 Å². The van der Waals surface area contributed by atoms with E-state index in [1.54, 1.807) is 43.3 Å². The van der Waals surface area contributed by atoms with Crippen molar-refractivity contribution < 1.29 is 9.72 Å². The standard InChI is InChI=1S/C15H14N4O3/c1-10(11-4-8-14(9-5-11)19(21)22)17-18-15(20)12-2-6-13(16)7-3-12/h2-9H,16H2,1H3,(H,18,20)/b17-10+. The van der Waals surface area contributed by atoms with Gasteiger partial charge in [-0.15, -0.1) is 0 Å². The summed E-state index contributed by atoms with van der Waals surface area (Å²) in [6.07, 6.45) is 0. The quantitative estimate of drug-likeness (QED) is 0.390. The van der Waals surface area contributed by atoms with E-state index in [2.05, 4.69) is 10.5 Å². The molecule has 2 aromatic rings. The number of nitrogens with zero attached hydrogens (tertiary/aromatic N) is 2. The van der Waals surface area contributed by atoms with Crippen LogP contribution in [0.3, 0.4) is 0 Å². The maximum absolute atomic E-state index is 11.9. The Kier molecular flexibility index (Phi) is 4.47. The molecule has 0 saturated heterocycles. The molecule has 2 aromatic carbocycles. The number of rotatable bonds is 4. The van der Waals surface area contributed by atoms with E-state index in [9.17, 15) is 14.9 Å². The van der Waals surface area contributed by atoms with Gasteiger partial charge in [-0.3, -0.25) is 14.9 Å². The van der Waals surface area contributed by atoms with Crippen molar-refractivity contribution in [3.63, 3.8) is 0 Å². The molecule has 0 heterocycles. The Morgan fingerprint density at radius 2 is 1.64 bits per heavy atom. The molecule has 0 bridgehead atoms. The van der Waals surface area contributed by atoms with E-state index in [4.69, 9.17) is 5.73 Å². The number of hydrogen-bond acceptors (Lipinski definition) is 5. The number of anilines is 1. The maximum atomic E-state index is 11.9. The highest BCUT2D eigenvalue weighted by atomic mass is 16.6. The number of nitrogens with one attached hydrogen (secondary N) is 1. The molecule has 7 nitrogen and oxygen atoms in total. The first kappa shape index (κ1) is 15.2. The third-order valence-corrected chi connectivity index (χ3v) is 2.99. The molecule has 0 unspecified atom stereocenters. The van der Waals surface area contributed by atoms with Crippen LogP contribution in [0, 0.1) is 10.1 Å². The third-order valence-electron chi connectivity index (χ3n) is 2.99. The van der Waals surface area contributed by atoms with Crippen molar-refractivity contribution in [2.75, 3.05) is 5.73 Å². The summed E-state index contributed by atoms with van der Waals surface area (Å²) in [6.45, 7) is 1.70. The molecular formula is C15H14N4O3. The van der Waals surface area contributed by atoms with Crippen LogP contribution < -0.4 is 11.2 Å². The largest absolute Gasteiger partial charge is 0.399 e. The number of nitrogens with two attached hydrogens (primary N) is 1. The van der Waals surface area contributed by atoms with Crippen molar-refractivity contribution in [3.8, 4) is 0 Å². The summed E-state index contributed by atoms with van der Waals surface area (Å²) in [4.78, 5) is 22.0. The summed E-state index contributed by atoms with van der Waals surface area (Å²) in [5, 5.41) is 14.6. The Labute approximate surface area is 126 Å². The zero-order valence-electron chi connectivity index (χ0n) is 11.8. The zero-order valence-corrected chi connectivity index (χ0v) is 11.8. The van der Waals surface area contributed by atoms with Crippen LogP contribution in [0.4, 0.5) is 11.4 Å². The highest BCUT2D eigenvalue weighted by Crippen LogP contribution is 2.12. The van der Waals surface area contributed by atoms with E-state index in [1.807, 2.05) is 0 Å². The van der Waals surface area contributed by atoms with E-state index < -0.39 is 4.92 Å². The lowest BCUT2D eigenvalue weighted by atomic mass is 10.1. The number of hydrogen-bond donors (Lipinski definition) is 2. The van der Waals surface area contributed by atoms with Crippen molar-refractivity contribution in [3.05, 3.63) is 69.8 Å². The molecule has 0 spiro atoms. The van der Waals surface area contributed by atoms with Gasteiger partial charge < -0.3 is 5.73 Å². The molecule has 112 valence electrons. The van der Waals surface area contributed by atoms with Crippen LogP contribution in [-0.4, -0.2) is 16.5 Å². The lowest BCUT2D eigenvalue weighted by Gasteiger charge is -2.03. The molecule has 0 aliphatic rings. The SMILES string of the molecule is C/C(=N\NC(=O)c1ccc(N)cc1)c1ccc([N+](=O)[O-])cc1. The van der Waals surface area contributed by atoms with Crippen molar-refractivity contribution in [2.24, 2.45) is 5.10 Å². The summed E-state index contributed by atoms with van der Waals surface area (Å²) in [7, 11) is 0. The van der Waals surface area contributed by atoms with E-state index in [0.29, 0.717) is 22.5 Å². The maximum Gasteiger partial charge on any atom is 0.271 e. The van der Waals surface area contributed by atoms with Gasteiger partial charge in [0.1, 0.15) is 0 Å². The fraction of sp³-hybridized carbons (Fsp3) is 0.0667. The first-order valence-electron chi connectivity index (χ1n) is 6.42. The fourth-order valence-corrected chi connectivity index (χ4v) is 1.72. The minimum Gasteiger partial charge on any atom is -0.399 e. The van der Waals surface area contributed by atoms with Crippen molar-refractivity contribution >= 4 is 23.0 Å². The van der Waals surface area contributed by atoms with Gasteiger partial charge in [-0.05, 0) is 48.9 Å². The van der Waals surface area contributed by atoms with Gasteiger partial charge in [-0.2, -0.15) is 5.10 Å². The van der Waals surface area contributed by atoms with Gasteiger partial charge >= 0.3 is 0 Å². The highest BCUT2D eigenvalue weighted by molar-refractivity contribution is 6.01. The molecule has 22 heavy (non-hydrogen) atoms. The van der Waals surface area contributed by atoms with Crippen LogP contribution in [0.15, 0.2) is 53.6 Å². The van der Waals surface area contributed by atoms with E-state index in [-0.39, 0.29) is 11.6 Å². The number of hydrazone groups is 1. The molecule has 0 aliphatic carbocycles. The van der Waals surface area contributed by atoms with Crippen LogP contribution in [0.1, 0.15) is 22.8 Å². The summed E-state index contributed by atoms with van der Waals surface area (Å²) >= 11 is 0. The van der Waals surface area contributed by atoms with E-state index in [0.717, 1.165) is 0 Å². The molecular weight excluding hydrogens is 284 g/mol. The lowest BCUT2D eigenvalue weighted by molar-refractivity contribution is -0.384. The Bertz CT molecular complexity index is 721. The molecule has 0 aromatic heterocycles. The molecule has 0 atom stereocenters. The number of carbonyl (C=O) groups is 1. The molecule has 3 N–H and O–H groups in total. The number of nitro groups is 1. The second-order valence-electron chi connectivity index (χ2n) is 4.56. The second-order valence-corrected chi connectivity index (χ2v) is 4.56. The lowest BCUT2D eigenvalue weighted by Crippen LogP contribution is -2.19. The topological polar surface area (TPSA) is 111 Å². The van der Waals surface area contributed by atoms with Gasteiger partial charge in [0, 0.05) is 23.4 Å². The van der Waals surface area contributed by atoms with Gasteiger partial charge in [-0.25, -0.2) is 5.43 Å². The number of nitro benzene ring substituents is 1. The summed E-state index contributed by atoms with van der Waals surface area (Å²) in [5.41, 5.74) is 10.2. The van der Waals surface area contributed by atoms with Gasteiger partial charge in [0.05, 0.1) is 10.6 Å². The van der Waals surface area contributed by atoms with Crippen LogP contribution in [0.25, 0.3) is 0 Å². The van der Waals surface area contributed by atoms with Gasteiger partial charge in [-0.1, -0.05) is 0 Å². The number of carbonyl (C=O) groups excluding carboxylic acids is 1. The molecule has 7 heteroatoms. The van der Waals surface area contributed by atoms with Gasteiger partial charge in [0.25, 0.3) is 11.6 Å². The fourth-order valence-electron chi connectivity index (χ4n) is 1.72. The minimum atomic E-state index is -0.473. The molecule has 0 aliphatic heterocycles. The van der Waals surface area contributed by atoms with Crippen LogP contribution in [0.2, 0.25) is 0 Å². The average Bonchev–Trinajstić information content (AvgIpc) is 2.53. The zero-order chi connectivity index (χ0) is 16.1. The summed E-state index contributed by atoms with van der Waals surface area (Å²) in [6, 6.07) is 12.4. The Hall–Kier alpha value is -3.22. The first-order valence-corrected chi connectivity index (χ1v) is 6.42. The molecule has 1 amide bonds. The van der Waals surface area contributed by atoms with Crippen LogP contribution >= 0.6 is 0 Å². The molecule has 0 saturated carbocycles. The smallest absolute Gasteiger partial charge is 0.271 e. The van der Waals surface area contributed by atoms with E-state index >= 15 is 0 Å². The Morgan fingerprint density at radius 3 is 2.18 bits per heavy atom. The minimum absolute atomic E-state index is 0.00228. The number of amides is 1. The average molecular weight is 298 g/mol. The van der Waals surface area contributed by atoms with Crippen LogP contribution in [0.5, 0.6) is 0 Å². The normalized spacial score (nSPS) is 11.0. The first-order chi connectivity index (χ1) is 10.5. The summed E-state index contributed by atoms with van der Waals surface area (Å²) < 4.78 is 0. The number of non-ortho nitro benzene ring substituents is 1. The van der Waals surface area contributed by atoms with Gasteiger partial charge in [0.2, 0.25) is 0 Å². The van der Waals surface area contributed by atoms with Crippen LogP contribution in [-0.2, 0) is 0 Å². The molecule has 2 rings (SSSR count). The monoisotopic (exact) mass is 298 g/mol. The summed E-state index contributed by atoms with van der Waals surface area (Å²) in [5.74, 6) is -0.360. The third kappa shape index (κ3) is 3.66. The number of benzene rings is 2. The van der Waals surface area contributed by atoms with Crippen molar-refractivity contribution in [1.82, 2.24) is 5.43 Å². The Morgan fingerprint density at radius 1 is 1.09 bits per heavy atom. The Balaban J connectivity index is 2.07. The number of nitrogen functional groups attached to an aromatic ring is 1. The predicted octanol–water partition coefficient (Wildman–Crippen LogP) is 2.33. The predicted molar refractivity (Wildman–Crippen MR) is 83.6 cm³/mol. The second kappa shape index (κ2) is 6.49. The molecule has 0 fully saturated rings. The van der Waals surface area contributed by atoms with Gasteiger partial charge in [0.15, 0.2) is 0 Å². The van der Waals surface area contributed by atoms with E-state index in [1.165, 1.54) is 12.1 Å². The molecule has 0 radical (unpaired) electrons. The van der Waals surface area contributed by atoms with Crippen molar-refractivity contribution in [1.29, 1.82) is 0 Å².